The van der Waals surface area contributed by atoms with Crippen molar-refractivity contribution in [3.8, 4) is 23.2 Å². The lowest BCUT2D eigenvalue weighted by atomic mass is 10.2. The van der Waals surface area contributed by atoms with Crippen LogP contribution in [0.5, 0.6) is 17.5 Å². The van der Waals surface area contributed by atoms with E-state index < -0.39 is 0 Å². The first-order chi connectivity index (χ1) is 12.8. The van der Waals surface area contributed by atoms with Crippen molar-refractivity contribution in [2.75, 3.05) is 20.3 Å². The number of rotatable bonds is 9. The molecule has 2 N–H and O–H groups in total. The molecular weight excluding hydrogens is 334 g/mol. The van der Waals surface area contributed by atoms with Crippen molar-refractivity contribution in [2.24, 2.45) is 0 Å². The van der Waals surface area contributed by atoms with Crippen LogP contribution in [0, 0.1) is 0 Å². The highest BCUT2D eigenvalue weighted by atomic mass is 16.5. The van der Waals surface area contributed by atoms with Gasteiger partial charge >= 0.3 is 6.01 Å². The summed E-state index contributed by atoms with van der Waals surface area (Å²) in [6, 6.07) is 15.4. The number of tetrazole rings is 1. The topological polar surface area (TPSA) is 94.3 Å². The molecule has 0 unspecified atom stereocenters. The fraction of sp³-hybridized carbons (Fsp3) is 0.278. The van der Waals surface area contributed by atoms with E-state index in [0.29, 0.717) is 18.0 Å². The maximum Gasteiger partial charge on any atom is 0.346 e. The van der Waals surface area contributed by atoms with E-state index in [0.717, 1.165) is 24.2 Å². The lowest BCUT2D eigenvalue weighted by Crippen LogP contribution is -2.15. The Kier molecular flexibility index (Phi) is 6.13. The molecule has 3 rings (SSSR count). The smallest absolute Gasteiger partial charge is 0.346 e. The number of hydrogen-bond acceptors (Lipinski definition) is 7. The summed E-state index contributed by atoms with van der Waals surface area (Å²) < 4.78 is 12.8. The van der Waals surface area contributed by atoms with Crippen molar-refractivity contribution in [3.63, 3.8) is 0 Å². The Labute approximate surface area is 151 Å². The highest BCUT2D eigenvalue weighted by molar-refractivity contribution is 5.44. The number of aliphatic hydroxyl groups excluding tert-OH is 1. The predicted octanol–water partition coefficient (Wildman–Crippen LogP) is 1.94. The van der Waals surface area contributed by atoms with Crippen LogP contribution in [-0.2, 0) is 6.54 Å². The van der Waals surface area contributed by atoms with E-state index in [1.165, 1.54) is 4.68 Å². The molecule has 8 heteroatoms. The summed E-state index contributed by atoms with van der Waals surface area (Å²) >= 11 is 0. The number of aliphatic hydroxyl groups is 1. The van der Waals surface area contributed by atoms with Crippen molar-refractivity contribution in [2.45, 2.75) is 13.0 Å². The zero-order chi connectivity index (χ0) is 18.2. The summed E-state index contributed by atoms with van der Waals surface area (Å²) in [5.74, 6) is 1.12. The summed E-state index contributed by atoms with van der Waals surface area (Å²) in [5, 5.41) is 23.7. The van der Waals surface area contributed by atoms with Crippen LogP contribution >= 0.6 is 0 Å². The summed E-state index contributed by atoms with van der Waals surface area (Å²) in [6.45, 7) is 1.61. The van der Waals surface area contributed by atoms with E-state index in [1.807, 2.05) is 48.5 Å². The first kappa shape index (κ1) is 17.8. The van der Waals surface area contributed by atoms with Crippen LogP contribution in [0.2, 0.25) is 0 Å². The highest BCUT2D eigenvalue weighted by Gasteiger charge is 2.14. The van der Waals surface area contributed by atoms with Crippen LogP contribution in [0.4, 0.5) is 0 Å². The van der Waals surface area contributed by atoms with Crippen LogP contribution in [0.25, 0.3) is 5.69 Å². The third-order valence-electron chi connectivity index (χ3n) is 3.71. The van der Waals surface area contributed by atoms with E-state index in [2.05, 4.69) is 20.8 Å². The minimum atomic E-state index is 0.180. The first-order valence-corrected chi connectivity index (χ1v) is 8.32. The third-order valence-corrected chi connectivity index (χ3v) is 3.71. The van der Waals surface area contributed by atoms with Crippen molar-refractivity contribution >= 4 is 0 Å². The molecule has 0 amide bonds. The molecule has 0 saturated heterocycles. The number of nitrogens with zero attached hydrogens (tertiary/aromatic N) is 4. The molecule has 2 aromatic carbocycles. The van der Waals surface area contributed by atoms with Crippen molar-refractivity contribution in [1.82, 2.24) is 25.5 Å². The zero-order valence-corrected chi connectivity index (χ0v) is 14.5. The van der Waals surface area contributed by atoms with Crippen LogP contribution < -0.4 is 14.8 Å². The molecule has 0 bridgehead atoms. The zero-order valence-electron chi connectivity index (χ0n) is 14.5. The Bertz CT molecular complexity index is 823. The summed E-state index contributed by atoms with van der Waals surface area (Å²) in [7, 11) is 1.59. The number of ether oxygens (including phenoxy) is 2. The van der Waals surface area contributed by atoms with Gasteiger partial charge in [-0.3, -0.25) is 0 Å². The molecule has 3 aromatic rings. The van der Waals surface area contributed by atoms with E-state index >= 15 is 0 Å². The number of aromatic nitrogens is 4. The molecule has 0 aliphatic heterocycles. The molecule has 136 valence electrons. The van der Waals surface area contributed by atoms with Gasteiger partial charge in [0.05, 0.1) is 12.8 Å². The monoisotopic (exact) mass is 355 g/mol. The molecule has 0 radical (unpaired) electrons. The van der Waals surface area contributed by atoms with Gasteiger partial charge < -0.3 is 19.9 Å². The van der Waals surface area contributed by atoms with Gasteiger partial charge in [-0.05, 0) is 53.2 Å². The third kappa shape index (κ3) is 4.35. The van der Waals surface area contributed by atoms with Crippen LogP contribution in [0.1, 0.15) is 12.0 Å². The van der Waals surface area contributed by atoms with Gasteiger partial charge in [0.25, 0.3) is 0 Å². The van der Waals surface area contributed by atoms with Crippen LogP contribution in [0.3, 0.4) is 0 Å². The van der Waals surface area contributed by atoms with Gasteiger partial charge in [-0.2, -0.15) is 4.68 Å². The van der Waals surface area contributed by atoms with Crippen LogP contribution in [0.15, 0.2) is 48.5 Å². The molecule has 0 atom stereocenters. The normalized spacial score (nSPS) is 10.7. The molecule has 0 spiro atoms. The average molecular weight is 355 g/mol. The molecule has 1 heterocycles. The highest BCUT2D eigenvalue weighted by Crippen LogP contribution is 2.32. The Morgan fingerprint density at radius 1 is 1.12 bits per heavy atom. The minimum absolute atomic E-state index is 0.180. The van der Waals surface area contributed by atoms with Gasteiger partial charge in [-0.1, -0.05) is 29.4 Å². The maximum atomic E-state index is 8.81. The van der Waals surface area contributed by atoms with Gasteiger partial charge in [-0.25, -0.2) is 0 Å². The Hall–Kier alpha value is -2.97. The molecular formula is C18H21N5O3. The van der Waals surface area contributed by atoms with Gasteiger partial charge in [0.1, 0.15) is 0 Å². The van der Waals surface area contributed by atoms with Gasteiger partial charge in [-0.15, -0.1) is 0 Å². The first-order valence-electron chi connectivity index (χ1n) is 8.32. The lowest BCUT2D eigenvalue weighted by molar-refractivity contribution is 0.286. The Morgan fingerprint density at radius 3 is 2.73 bits per heavy atom. The quantitative estimate of drug-likeness (QED) is 0.566. The van der Waals surface area contributed by atoms with Gasteiger partial charge in [0, 0.05) is 13.2 Å². The number of nitrogens with one attached hydrogen (secondary N) is 1. The average Bonchev–Trinajstić information content (AvgIpc) is 3.15. The predicted molar refractivity (Wildman–Crippen MR) is 95.6 cm³/mol. The summed E-state index contributed by atoms with van der Waals surface area (Å²) in [6.07, 6.45) is 0.723. The van der Waals surface area contributed by atoms with Crippen molar-refractivity contribution in [3.05, 3.63) is 54.1 Å². The number of hydrogen-bond donors (Lipinski definition) is 2. The van der Waals surface area contributed by atoms with E-state index in [-0.39, 0.29) is 12.6 Å². The molecule has 1 aromatic heterocycles. The second kappa shape index (κ2) is 8.93. The largest absolute Gasteiger partial charge is 0.493 e. The Morgan fingerprint density at radius 2 is 1.96 bits per heavy atom. The van der Waals surface area contributed by atoms with Gasteiger partial charge in [0.15, 0.2) is 11.5 Å². The lowest BCUT2D eigenvalue weighted by Gasteiger charge is -2.12. The number of methoxy groups -OCH3 is 1. The summed E-state index contributed by atoms with van der Waals surface area (Å²) in [4.78, 5) is 0. The molecule has 0 saturated carbocycles. The maximum absolute atomic E-state index is 8.81. The second-order valence-electron chi connectivity index (χ2n) is 5.55. The van der Waals surface area contributed by atoms with Crippen LogP contribution in [-0.4, -0.2) is 45.6 Å². The van der Waals surface area contributed by atoms with Gasteiger partial charge in [0.2, 0.25) is 0 Å². The molecule has 26 heavy (non-hydrogen) atoms. The SMILES string of the molecule is COc1cc(CNCCCO)ccc1Oc1nnnn1-c1ccccc1. The fourth-order valence-electron chi connectivity index (χ4n) is 2.42. The van der Waals surface area contributed by atoms with Crippen molar-refractivity contribution < 1.29 is 14.6 Å². The van der Waals surface area contributed by atoms with E-state index in [1.54, 1.807) is 7.11 Å². The fourth-order valence-corrected chi connectivity index (χ4v) is 2.42. The Balaban J connectivity index is 1.75. The second-order valence-corrected chi connectivity index (χ2v) is 5.55. The van der Waals surface area contributed by atoms with E-state index in [9.17, 15) is 0 Å². The molecule has 0 aliphatic carbocycles. The number of para-hydroxylation sites is 1. The number of benzene rings is 2. The minimum Gasteiger partial charge on any atom is -0.493 e. The molecule has 0 aliphatic rings. The molecule has 0 fully saturated rings. The van der Waals surface area contributed by atoms with Crippen molar-refractivity contribution in [1.29, 1.82) is 0 Å². The van der Waals surface area contributed by atoms with E-state index in [4.69, 9.17) is 14.6 Å². The summed E-state index contributed by atoms with van der Waals surface area (Å²) in [5.41, 5.74) is 1.85. The molecule has 8 nitrogen and oxygen atoms in total. The standard InChI is InChI=1S/C18H21N5O3/c1-25-17-12-14(13-19-10-5-11-24)8-9-16(17)26-18-20-21-22-23(18)15-6-3-2-4-7-15/h2-4,6-9,12,19,24H,5,10-11,13H2,1H3.